The van der Waals surface area contributed by atoms with Gasteiger partial charge < -0.3 is 9.47 Å². The molecule has 0 aliphatic rings. The van der Waals surface area contributed by atoms with Crippen molar-refractivity contribution in [3.05, 3.63) is 24.3 Å². The highest BCUT2D eigenvalue weighted by Gasteiger charge is 2.04. The van der Waals surface area contributed by atoms with Crippen molar-refractivity contribution in [3.63, 3.8) is 0 Å². The van der Waals surface area contributed by atoms with Crippen molar-refractivity contribution in [1.29, 1.82) is 0 Å². The molecule has 0 aromatic heterocycles. The van der Waals surface area contributed by atoms with Crippen LogP contribution in [0.3, 0.4) is 0 Å². The zero-order chi connectivity index (χ0) is 17.3. The van der Waals surface area contributed by atoms with E-state index < -0.39 is 0 Å². The van der Waals surface area contributed by atoms with E-state index in [1.54, 1.807) is 0 Å². The standard InChI is InChI=1S/C22H38O2/c1-3-5-7-9-11-15-19-23-21-17-13-14-18-22(21)24-20-16-12-10-8-6-4-2/h13-14,17-18H,3-12,15-16,19-20H2,1-2H3. The Kier molecular flexibility index (Phi) is 13.3. The van der Waals surface area contributed by atoms with E-state index in [-0.39, 0.29) is 0 Å². The topological polar surface area (TPSA) is 18.5 Å². The molecule has 0 spiro atoms. The third kappa shape index (κ3) is 10.6. The first-order chi connectivity index (χ1) is 11.9. The van der Waals surface area contributed by atoms with Crippen molar-refractivity contribution < 1.29 is 9.47 Å². The average molecular weight is 335 g/mol. The maximum absolute atomic E-state index is 5.93. The molecular weight excluding hydrogens is 296 g/mol. The van der Waals surface area contributed by atoms with E-state index in [9.17, 15) is 0 Å². The van der Waals surface area contributed by atoms with Gasteiger partial charge in [-0.15, -0.1) is 0 Å². The molecule has 0 amide bonds. The van der Waals surface area contributed by atoms with Gasteiger partial charge in [0.05, 0.1) is 13.2 Å². The molecule has 1 rings (SSSR count). The molecule has 0 bridgehead atoms. The van der Waals surface area contributed by atoms with Gasteiger partial charge in [-0.3, -0.25) is 0 Å². The lowest BCUT2D eigenvalue weighted by molar-refractivity contribution is 0.258. The van der Waals surface area contributed by atoms with Gasteiger partial charge in [-0.05, 0) is 25.0 Å². The number of ether oxygens (including phenoxy) is 2. The summed E-state index contributed by atoms with van der Waals surface area (Å²) in [4.78, 5) is 0. The van der Waals surface area contributed by atoms with E-state index in [4.69, 9.17) is 9.47 Å². The molecule has 0 atom stereocenters. The first-order valence-electron chi connectivity index (χ1n) is 10.2. The van der Waals surface area contributed by atoms with Crippen molar-refractivity contribution in [2.75, 3.05) is 13.2 Å². The number of para-hydroxylation sites is 2. The smallest absolute Gasteiger partial charge is 0.161 e. The molecule has 0 unspecified atom stereocenters. The normalized spacial score (nSPS) is 10.8. The maximum Gasteiger partial charge on any atom is 0.161 e. The molecule has 0 heterocycles. The van der Waals surface area contributed by atoms with Crippen LogP contribution in [-0.4, -0.2) is 13.2 Å². The molecule has 0 fully saturated rings. The molecule has 138 valence electrons. The van der Waals surface area contributed by atoms with Gasteiger partial charge in [0.25, 0.3) is 0 Å². The van der Waals surface area contributed by atoms with Gasteiger partial charge in [-0.2, -0.15) is 0 Å². The second-order valence-electron chi connectivity index (χ2n) is 6.68. The lowest BCUT2D eigenvalue weighted by Gasteiger charge is -2.12. The van der Waals surface area contributed by atoms with E-state index in [1.807, 2.05) is 24.3 Å². The van der Waals surface area contributed by atoms with Crippen LogP contribution in [0.4, 0.5) is 0 Å². The van der Waals surface area contributed by atoms with Crippen LogP contribution in [0.15, 0.2) is 24.3 Å². The molecule has 0 radical (unpaired) electrons. The summed E-state index contributed by atoms with van der Waals surface area (Å²) in [5.41, 5.74) is 0. The number of rotatable bonds is 16. The lowest BCUT2D eigenvalue weighted by atomic mass is 10.1. The van der Waals surface area contributed by atoms with Crippen molar-refractivity contribution in [1.82, 2.24) is 0 Å². The predicted molar refractivity (Wildman–Crippen MR) is 104 cm³/mol. The number of benzene rings is 1. The second-order valence-corrected chi connectivity index (χ2v) is 6.68. The van der Waals surface area contributed by atoms with Gasteiger partial charge in [0.2, 0.25) is 0 Å². The summed E-state index contributed by atoms with van der Waals surface area (Å²) in [6, 6.07) is 8.09. The molecule has 0 saturated carbocycles. The summed E-state index contributed by atoms with van der Waals surface area (Å²) >= 11 is 0. The van der Waals surface area contributed by atoms with Gasteiger partial charge in [0.15, 0.2) is 11.5 Å². The van der Waals surface area contributed by atoms with Crippen LogP contribution >= 0.6 is 0 Å². The summed E-state index contributed by atoms with van der Waals surface area (Å²) < 4.78 is 11.9. The fourth-order valence-corrected chi connectivity index (χ4v) is 2.82. The maximum atomic E-state index is 5.93. The van der Waals surface area contributed by atoms with Crippen molar-refractivity contribution in [3.8, 4) is 11.5 Å². The van der Waals surface area contributed by atoms with Crippen molar-refractivity contribution >= 4 is 0 Å². The molecule has 1 aromatic rings. The lowest BCUT2D eigenvalue weighted by Crippen LogP contribution is -2.02. The van der Waals surface area contributed by atoms with E-state index in [0.29, 0.717) is 0 Å². The van der Waals surface area contributed by atoms with Crippen LogP contribution in [0.2, 0.25) is 0 Å². The molecular formula is C22H38O2. The van der Waals surface area contributed by atoms with Gasteiger partial charge in [0, 0.05) is 0 Å². The molecule has 0 saturated heterocycles. The summed E-state index contributed by atoms with van der Waals surface area (Å²) in [7, 11) is 0. The Hall–Kier alpha value is -1.18. The molecule has 1 aromatic carbocycles. The number of hydrogen-bond donors (Lipinski definition) is 0. The zero-order valence-corrected chi connectivity index (χ0v) is 16.0. The van der Waals surface area contributed by atoms with Crippen LogP contribution in [0.1, 0.15) is 90.9 Å². The van der Waals surface area contributed by atoms with Crippen LogP contribution in [-0.2, 0) is 0 Å². The average Bonchev–Trinajstić information content (AvgIpc) is 2.61. The fourth-order valence-electron chi connectivity index (χ4n) is 2.82. The van der Waals surface area contributed by atoms with Gasteiger partial charge in [-0.25, -0.2) is 0 Å². The van der Waals surface area contributed by atoms with Crippen LogP contribution in [0.5, 0.6) is 11.5 Å². The largest absolute Gasteiger partial charge is 0.490 e. The minimum Gasteiger partial charge on any atom is -0.490 e. The Morgan fingerprint density at radius 3 is 1.33 bits per heavy atom. The van der Waals surface area contributed by atoms with Gasteiger partial charge in [-0.1, -0.05) is 90.2 Å². The minimum atomic E-state index is 0.795. The Balaban J connectivity index is 2.14. The third-order valence-electron chi connectivity index (χ3n) is 4.36. The Bertz CT molecular complexity index is 352. The number of unbranched alkanes of at least 4 members (excludes halogenated alkanes) is 10. The van der Waals surface area contributed by atoms with Gasteiger partial charge in [0.1, 0.15) is 0 Å². The molecule has 0 N–H and O–H groups in total. The quantitative estimate of drug-likeness (QED) is 0.298. The van der Waals surface area contributed by atoms with Crippen molar-refractivity contribution in [2.24, 2.45) is 0 Å². The van der Waals surface area contributed by atoms with E-state index >= 15 is 0 Å². The Labute approximate surface area is 149 Å². The third-order valence-corrected chi connectivity index (χ3v) is 4.36. The SMILES string of the molecule is CCCCCCCCOc1ccccc1OCCCCCCCC. The van der Waals surface area contributed by atoms with Crippen molar-refractivity contribution in [2.45, 2.75) is 90.9 Å². The highest BCUT2D eigenvalue weighted by molar-refractivity contribution is 5.39. The fraction of sp³-hybridized carbons (Fsp3) is 0.727. The van der Waals surface area contributed by atoms with Gasteiger partial charge >= 0.3 is 0 Å². The Morgan fingerprint density at radius 2 is 0.917 bits per heavy atom. The predicted octanol–water partition coefficient (Wildman–Crippen LogP) is 7.17. The highest BCUT2D eigenvalue weighted by atomic mass is 16.5. The summed E-state index contributed by atoms with van der Waals surface area (Å²) in [6.45, 7) is 6.10. The molecule has 2 nitrogen and oxygen atoms in total. The monoisotopic (exact) mass is 334 g/mol. The first kappa shape index (κ1) is 20.9. The number of hydrogen-bond acceptors (Lipinski definition) is 2. The van der Waals surface area contributed by atoms with Crippen LogP contribution in [0, 0.1) is 0 Å². The van der Waals surface area contributed by atoms with E-state index in [1.165, 1.54) is 64.2 Å². The second kappa shape index (κ2) is 15.4. The summed E-state index contributed by atoms with van der Waals surface area (Å²) in [5, 5.41) is 0. The van der Waals surface area contributed by atoms with Crippen LogP contribution in [0.25, 0.3) is 0 Å². The molecule has 0 aliphatic heterocycles. The molecule has 24 heavy (non-hydrogen) atoms. The van der Waals surface area contributed by atoms with E-state index in [0.717, 1.165) is 37.6 Å². The molecule has 0 aliphatic carbocycles. The Morgan fingerprint density at radius 1 is 0.542 bits per heavy atom. The summed E-state index contributed by atoms with van der Waals surface area (Å²) in [6.07, 6.45) is 15.5. The minimum absolute atomic E-state index is 0.795. The van der Waals surface area contributed by atoms with Crippen LogP contribution < -0.4 is 9.47 Å². The van der Waals surface area contributed by atoms with E-state index in [2.05, 4.69) is 13.8 Å². The zero-order valence-electron chi connectivity index (χ0n) is 16.0. The molecule has 2 heteroatoms. The highest BCUT2D eigenvalue weighted by Crippen LogP contribution is 2.27. The summed E-state index contributed by atoms with van der Waals surface area (Å²) in [5.74, 6) is 1.80. The first-order valence-corrected chi connectivity index (χ1v) is 10.2.